The third-order valence-electron chi connectivity index (χ3n) is 9.81. The summed E-state index contributed by atoms with van der Waals surface area (Å²) in [5, 5.41) is 4.54. The summed E-state index contributed by atoms with van der Waals surface area (Å²) in [6.45, 7) is 0. The van der Waals surface area contributed by atoms with E-state index in [0.717, 1.165) is 72.0 Å². The van der Waals surface area contributed by atoms with Crippen molar-refractivity contribution in [2.75, 3.05) is 0 Å². The normalized spacial score (nSPS) is 11.4. The average molecular weight is 679 g/mol. The van der Waals surface area contributed by atoms with Crippen molar-refractivity contribution in [1.82, 2.24) is 19.9 Å². The standard InChI is InChI=1S/C48H30N4O/c1-2-9-35(10-3-1)46-50-47(38-20-21-43-42-12-6-7-13-44(42)53-45(43)30-38)52-48(51-46)41-28-39(33-16-14-32(15-17-33)34-22-24-49-25-23-34)27-40(29-41)37-19-18-31-8-4-5-11-36(31)26-37/h1-30H. The lowest BCUT2D eigenvalue weighted by molar-refractivity contribution is 0.669. The molecule has 0 amide bonds. The molecule has 248 valence electrons. The van der Waals surface area contributed by atoms with Crippen LogP contribution in [0.2, 0.25) is 0 Å². The Kier molecular flexibility index (Phi) is 7.40. The van der Waals surface area contributed by atoms with Gasteiger partial charge in [-0.25, -0.2) is 15.0 Å². The van der Waals surface area contributed by atoms with Crippen LogP contribution < -0.4 is 0 Å². The smallest absolute Gasteiger partial charge is 0.164 e. The predicted molar refractivity (Wildman–Crippen MR) is 215 cm³/mol. The molecule has 0 unspecified atom stereocenters. The summed E-state index contributed by atoms with van der Waals surface area (Å²) in [5.41, 5.74) is 10.9. The fourth-order valence-electron chi connectivity index (χ4n) is 7.07. The van der Waals surface area contributed by atoms with Crippen LogP contribution in [0.5, 0.6) is 0 Å². The van der Waals surface area contributed by atoms with Crippen LogP contribution in [0.4, 0.5) is 0 Å². The number of benzene rings is 7. The van der Waals surface area contributed by atoms with Crippen LogP contribution in [0.25, 0.3) is 100 Å². The van der Waals surface area contributed by atoms with E-state index < -0.39 is 0 Å². The maximum atomic E-state index is 6.27. The third-order valence-corrected chi connectivity index (χ3v) is 9.81. The minimum atomic E-state index is 0.579. The molecule has 3 heterocycles. The van der Waals surface area contributed by atoms with Gasteiger partial charge in [-0.1, -0.05) is 115 Å². The van der Waals surface area contributed by atoms with Gasteiger partial charge in [0.25, 0.3) is 0 Å². The van der Waals surface area contributed by atoms with E-state index in [-0.39, 0.29) is 0 Å². The summed E-state index contributed by atoms with van der Waals surface area (Å²) in [6, 6.07) is 58.8. The Morgan fingerprint density at radius 2 is 0.849 bits per heavy atom. The van der Waals surface area contributed by atoms with E-state index in [0.29, 0.717) is 17.5 Å². The molecule has 5 nitrogen and oxygen atoms in total. The van der Waals surface area contributed by atoms with E-state index in [9.17, 15) is 0 Å². The summed E-state index contributed by atoms with van der Waals surface area (Å²) >= 11 is 0. The maximum absolute atomic E-state index is 6.27. The lowest BCUT2D eigenvalue weighted by Crippen LogP contribution is -2.00. The first-order valence-corrected chi connectivity index (χ1v) is 17.6. The Morgan fingerprint density at radius 3 is 1.64 bits per heavy atom. The van der Waals surface area contributed by atoms with Crippen molar-refractivity contribution in [2.45, 2.75) is 0 Å². The van der Waals surface area contributed by atoms with Gasteiger partial charge < -0.3 is 4.42 Å². The molecule has 0 radical (unpaired) electrons. The summed E-state index contributed by atoms with van der Waals surface area (Å²) < 4.78 is 6.27. The zero-order chi connectivity index (χ0) is 35.1. The minimum Gasteiger partial charge on any atom is -0.456 e. The number of aromatic nitrogens is 4. The predicted octanol–water partition coefficient (Wildman–Crippen LogP) is 12.3. The second-order valence-corrected chi connectivity index (χ2v) is 13.2. The Hall–Kier alpha value is -7.24. The zero-order valence-electron chi connectivity index (χ0n) is 28.5. The fourth-order valence-corrected chi connectivity index (χ4v) is 7.07. The van der Waals surface area contributed by atoms with Gasteiger partial charge in [0, 0.05) is 39.9 Å². The number of nitrogens with zero attached hydrogens (tertiary/aromatic N) is 4. The number of hydrogen-bond acceptors (Lipinski definition) is 5. The molecule has 0 fully saturated rings. The van der Waals surface area contributed by atoms with Crippen LogP contribution >= 0.6 is 0 Å². The van der Waals surface area contributed by atoms with Crippen LogP contribution in [-0.2, 0) is 0 Å². The SMILES string of the molecule is c1ccc(-c2nc(-c3cc(-c4ccc(-c5ccncc5)cc4)cc(-c4ccc5ccccc5c4)c3)nc(-c3ccc4c(c3)oc3ccccc34)n2)cc1. The molecule has 0 N–H and O–H groups in total. The first kappa shape index (κ1) is 30.6. The van der Waals surface area contributed by atoms with Gasteiger partial charge in [0.15, 0.2) is 17.5 Å². The molecule has 53 heavy (non-hydrogen) atoms. The Labute approximate surface area is 305 Å². The lowest BCUT2D eigenvalue weighted by Gasteiger charge is -2.13. The van der Waals surface area contributed by atoms with Crippen molar-refractivity contribution in [1.29, 1.82) is 0 Å². The lowest BCUT2D eigenvalue weighted by atomic mass is 9.93. The zero-order valence-corrected chi connectivity index (χ0v) is 28.5. The molecule has 0 saturated heterocycles. The van der Waals surface area contributed by atoms with Gasteiger partial charge in [-0.3, -0.25) is 4.98 Å². The molecule has 7 aromatic carbocycles. The first-order chi connectivity index (χ1) is 26.2. The molecule has 5 heteroatoms. The van der Waals surface area contributed by atoms with E-state index in [4.69, 9.17) is 19.4 Å². The second-order valence-electron chi connectivity index (χ2n) is 13.2. The monoisotopic (exact) mass is 678 g/mol. The van der Waals surface area contributed by atoms with E-state index in [2.05, 4.69) is 108 Å². The van der Waals surface area contributed by atoms with Gasteiger partial charge in [0.2, 0.25) is 0 Å². The highest BCUT2D eigenvalue weighted by molar-refractivity contribution is 6.05. The van der Waals surface area contributed by atoms with Crippen molar-refractivity contribution in [2.24, 2.45) is 0 Å². The summed E-state index contributed by atoms with van der Waals surface area (Å²) in [7, 11) is 0. The van der Waals surface area contributed by atoms with E-state index in [1.807, 2.05) is 79.1 Å². The van der Waals surface area contributed by atoms with Crippen molar-refractivity contribution in [3.63, 3.8) is 0 Å². The summed E-state index contributed by atoms with van der Waals surface area (Å²) in [6.07, 6.45) is 3.65. The summed E-state index contributed by atoms with van der Waals surface area (Å²) in [4.78, 5) is 19.5. The second kappa shape index (κ2) is 12.8. The van der Waals surface area contributed by atoms with Gasteiger partial charge in [-0.2, -0.15) is 0 Å². The number of rotatable bonds is 6. The first-order valence-electron chi connectivity index (χ1n) is 17.6. The van der Waals surface area contributed by atoms with Gasteiger partial charge >= 0.3 is 0 Å². The van der Waals surface area contributed by atoms with Crippen LogP contribution in [0, 0.1) is 0 Å². The van der Waals surface area contributed by atoms with Crippen molar-refractivity contribution < 1.29 is 4.42 Å². The molecule has 3 aromatic heterocycles. The van der Waals surface area contributed by atoms with Crippen molar-refractivity contribution in [3.8, 4) is 67.5 Å². The highest BCUT2D eigenvalue weighted by Gasteiger charge is 2.17. The highest BCUT2D eigenvalue weighted by Crippen LogP contribution is 2.36. The van der Waals surface area contributed by atoms with Crippen LogP contribution in [0.15, 0.2) is 187 Å². The number of para-hydroxylation sites is 1. The molecule has 0 atom stereocenters. The highest BCUT2D eigenvalue weighted by atomic mass is 16.3. The molecule has 10 rings (SSSR count). The third kappa shape index (κ3) is 5.80. The Balaban J connectivity index is 1.16. The molecule has 10 aromatic rings. The van der Waals surface area contributed by atoms with Gasteiger partial charge in [-0.15, -0.1) is 0 Å². The molecule has 0 aliphatic carbocycles. The number of furan rings is 1. The fraction of sp³-hybridized carbons (Fsp3) is 0. The number of pyridine rings is 1. The van der Waals surface area contributed by atoms with Gasteiger partial charge in [-0.05, 0) is 98.8 Å². The van der Waals surface area contributed by atoms with Gasteiger partial charge in [0.1, 0.15) is 11.2 Å². The van der Waals surface area contributed by atoms with Gasteiger partial charge in [0.05, 0.1) is 0 Å². The maximum Gasteiger partial charge on any atom is 0.164 e. The van der Waals surface area contributed by atoms with Crippen molar-refractivity contribution in [3.05, 3.63) is 182 Å². The Morgan fingerprint density at radius 1 is 0.302 bits per heavy atom. The van der Waals surface area contributed by atoms with Crippen LogP contribution in [-0.4, -0.2) is 19.9 Å². The Bertz CT molecular complexity index is 2940. The van der Waals surface area contributed by atoms with Crippen molar-refractivity contribution >= 4 is 32.7 Å². The molecule has 0 aliphatic rings. The van der Waals surface area contributed by atoms with Crippen LogP contribution in [0.3, 0.4) is 0 Å². The quantitative estimate of drug-likeness (QED) is 0.175. The van der Waals surface area contributed by atoms with Crippen LogP contribution in [0.1, 0.15) is 0 Å². The molecule has 0 spiro atoms. The summed E-state index contributed by atoms with van der Waals surface area (Å²) in [5.74, 6) is 1.78. The topological polar surface area (TPSA) is 64.7 Å². The number of hydrogen-bond donors (Lipinski definition) is 0. The average Bonchev–Trinajstić information content (AvgIpc) is 3.62. The molecule has 0 bridgehead atoms. The van der Waals surface area contributed by atoms with E-state index in [1.54, 1.807) is 0 Å². The molecular weight excluding hydrogens is 649 g/mol. The van der Waals surface area contributed by atoms with E-state index in [1.165, 1.54) is 10.8 Å². The largest absolute Gasteiger partial charge is 0.456 e. The number of fused-ring (bicyclic) bond motifs is 4. The molecule has 0 aliphatic heterocycles. The molecule has 0 saturated carbocycles. The van der Waals surface area contributed by atoms with E-state index >= 15 is 0 Å². The minimum absolute atomic E-state index is 0.579. The molecular formula is C48H30N4O.